The molecule has 1 rings (SSSR count). The van der Waals surface area contributed by atoms with E-state index in [-0.39, 0.29) is 18.7 Å². The van der Waals surface area contributed by atoms with Crippen molar-refractivity contribution in [1.82, 2.24) is 4.90 Å². The molecule has 0 heterocycles. The normalized spacial score (nSPS) is 26.5. The summed E-state index contributed by atoms with van der Waals surface area (Å²) >= 11 is 6.54. The minimum Gasteiger partial charge on any atom is -0.361 e. The maximum atomic E-state index is 11.9. The molecule has 0 aromatic heterocycles. The number of amides is 1. The first-order valence-electron chi connectivity index (χ1n) is 6.65. The van der Waals surface area contributed by atoms with Crippen LogP contribution in [0.3, 0.4) is 0 Å². The lowest BCUT2D eigenvalue weighted by atomic mass is 9.88. The van der Waals surface area contributed by atoms with E-state index in [2.05, 4.69) is 13.8 Å². The van der Waals surface area contributed by atoms with Crippen LogP contribution in [0.1, 0.15) is 34.6 Å². The largest absolute Gasteiger partial charge is 0.361 e. The van der Waals surface area contributed by atoms with Crippen molar-refractivity contribution in [3.63, 3.8) is 0 Å². The molecular formula is C15H24ClNO2. The van der Waals surface area contributed by atoms with Gasteiger partial charge in [-0.1, -0.05) is 32.1 Å². The molecule has 1 amide bonds. The van der Waals surface area contributed by atoms with Gasteiger partial charge in [-0.2, -0.15) is 0 Å². The Hall–Kier alpha value is -0.800. The molecule has 0 bridgehead atoms. The van der Waals surface area contributed by atoms with Gasteiger partial charge in [0.05, 0.1) is 17.5 Å². The molecule has 1 aliphatic rings. The predicted molar refractivity (Wildman–Crippen MR) is 79.1 cm³/mol. The van der Waals surface area contributed by atoms with Crippen molar-refractivity contribution in [2.75, 3.05) is 13.3 Å². The van der Waals surface area contributed by atoms with Gasteiger partial charge in [-0.15, -0.1) is 11.6 Å². The SMILES string of the molecule is CC(=O)N(COCC(C)C)C1C(C)=CC=CC1(C)Cl. The number of hydrogen-bond acceptors (Lipinski definition) is 2. The van der Waals surface area contributed by atoms with E-state index >= 15 is 0 Å². The molecule has 4 heteroatoms. The molecule has 0 fully saturated rings. The van der Waals surface area contributed by atoms with Gasteiger partial charge in [0.15, 0.2) is 0 Å². The Balaban J connectivity index is 2.83. The lowest BCUT2D eigenvalue weighted by Gasteiger charge is -2.40. The van der Waals surface area contributed by atoms with Crippen molar-refractivity contribution in [1.29, 1.82) is 0 Å². The monoisotopic (exact) mass is 285 g/mol. The number of halogens is 1. The minimum atomic E-state index is -0.592. The molecule has 3 nitrogen and oxygen atoms in total. The van der Waals surface area contributed by atoms with Gasteiger partial charge in [0.2, 0.25) is 5.91 Å². The molecule has 2 atom stereocenters. The Kier molecular flexibility index (Phi) is 5.63. The maximum absolute atomic E-state index is 11.9. The second-order valence-corrected chi connectivity index (χ2v) is 6.52. The average Bonchev–Trinajstić information content (AvgIpc) is 2.24. The summed E-state index contributed by atoms with van der Waals surface area (Å²) in [6.07, 6.45) is 5.85. The topological polar surface area (TPSA) is 29.5 Å². The highest BCUT2D eigenvalue weighted by atomic mass is 35.5. The summed E-state index contributed by atoms with van der Waals surface area (Å²) in [6, 6.07) is -0.163. The number of carbonyl (C=O) groups excluding carboxylic acids is 1. The van der Waals surface area contributed by atoms with Crippen LogP contribution in [0.2, 0.25) is 0 Å². The summed E-state index contributed by atoms with van der Waals surface area (Å²) in [6.45, 7) is 10.5. The van der Waals surface area contributed by atoms with Crippen LogP contribution >= 0.6 is 11.6 Å². The number of rotatable bonds is 5. The van der Waals surface area contributed by atoms with Crippen molar-refractivity contribution in [2.24, 2.45) is 5.92 Å². The zero-order valence-corrected chi connectivity index (χ0v) is 13.2. The fraction of sp³-hybridized carbons (Fsp3) is 0.667. The van der Waals surface area contributed by atoms with Crippen molar-refractivity contribution < 1.29 is 9.53 Å². The Bertz CT molecular complexity index is 386. The van der Waals surface area contributed by atoms with Gasteiger partial charge >= 0.3 is 0 Å². The second-order valence-electron chi connectivity index (χ2n) is 5.71. The van der Waals surface area contributed by atoms with Gasteiger partial charge in [0.25, 0.3) is 0 Å². The van der Waals surface area contributed by atoms with Crippen LogP contribution in [0.25, 0.3) is 0 Å². The molecule has 0 spiro atoms. The van der Waals surface area contributed by atoms with Gasteiger partial charge in [-0.05, 0) is 25.3 Å². The predicted octanol–water partition coefficient (Wildman–Crippen LogP) is 3.35. The van der Waals surface area contributed by atoms with Gasteiger partial charge < -0.3 is 9.64 Å². The summed E-state index contributed by atoms with van der Waals surface area (Å²) in [5.74, 6) is 0.419. The van der Waals surface area contributed by atoms with Crippen molar-refractivity contribution >= 4 is 17.5 Å². The summed E-state index contributed by atoms with van der Waals surface area (Å²) in [4.78, 5) is 13.0. The van der Waals surface area contributed by atoms with Crippen LogP contribution in [0.15, 0.2) is 23.8 Å². The van der Waals surface area contributed by atoms with Crippen molar-refractivity contribution in [3.05, 3.63) is 23.8 Å². The molecule has 0 saturated heterocycles. The highest BCUT2D eigenvalue weighted by Gasteiger charge is 2.38. The molecular weight excluding hydrogens is 262 g/mol. The smallest absolute Gasteiger partial charge is 0.221 e. The Morgan fingerprint density at radius 2 is 2.21 bits per heavy atom. The van der Waals surface area contributed by atoms with Gasteiger partial charge in [0, 0.05) is 6.92 Å². The van der Waals surface area contributed by atoms with Crippen LogP contribution in [-0.4, -0.2) is 35.1 Å². The fourth-order valence-electron chi connectivity index (χ4n) is 2.30. The van der Waals surface area contributed by atoms with Crippen LogP contribution in [0.4, 0.5) is 0 Å². The van der Waals surface area contributed by atoms with E-state index in [0.717, 1.165) is 5.57 Å². The summed E-state index contributed by atoms with van der Waals surface area (Å²) in [5.41, 5.74) is 1.07. The van der Waals surface area contributed by atoms with E-state index in [1.165, 1.54) is 0 Å². The Morgan fingerprint density at radius 3 is 2.68 bits per heavy atom. The molecule has 0 N–H and O–H groups in total. The third-order valence-electron chi connectivity index (χ3n) is 3.14. The van der Waals surface area contributed by atoms with Crippen molar-refractivity contribution in [3.8, 4) is 0 Å². The third kappa shape index (κ3) is 4.36. The number of nitrogens with zero attached hydrogens (tertiary/aromatic N) is 1. The fourth-order valence-corrected chi connectivity index (χ4v) is 2.66. The molecule has 1 aliphatic carbocycles. The lowest BCUT2D eigenvalue weighted by Crippen LogP contribution is -2.51. The van der Waals surface area contributed by atoms with Crippen LogP contribution in [0.5, 0.6) is 0 Å². The van der Waals surface area contributed by atoms with Gasteiger partial charge in [-0.3, -0.25) is 4.79 Å². The van der Waals surface area contributed by atoms with Gasteiger partial charge in [0.1, 0.15) is 6.73 Å². The van der Waals surface area contributed by atoms with Crippen molar-refractivity contribution in [2.45, 2.75) is 45.5 Å². The molecule has 0 aliphatic heterocycles. The van der Waals surface area contributed by atoms with E-state index in [4.69, 9.17) is 16.3 Å². The number of alkyl halides is 1. The Morgan fingerprint density at radius 1 is 1.58 bits per heavy atom. The van der Waals surface area contributed by atoms with Crippen LogP contribution in [-0.2, 0) is 9.53 Å². The highest BCUT2D eigenvalue weighted by molar-refractivity contribution is 6.26. The van der Waals surface area contributed by atoms with E-state index in [0.29, 0.717) is 12.5 Å². The number of ether oxygens (including phenoxy) is 1. The van der Waals surface area contributed by atoms with Crippen LogP contribution in [0, 0.1) is 5.92 Å². The summed E-state index contributed by atoms with van der Waals surface area (Å²) in [7, 11) is 0. The molecule has 0 radical (unpaired) electrons. The minimum absolute atomic E-state index is 0.0244. The highest BCUT2D eigenvalue weighted by Crippen LogP contribution is 2.33. The first-order valence-corrected chi connectivity index (χ1v) is 7.03. The molecule has 19 heavy (non-hydrogen) atoms. The molecule has 0 aromatic carbocycles. The Labute approximate surface area is 121 Å². The average molecular weight is 286 g/mol. The number of hydrogen-bond donors (Lipinski definition) is 0. The maximum Gasteiger partial charge on any atom is 0.221 e. The number of carbonyl (C=O) groups is 1. The zero-order chi connectivity index (χ0) is 14.6. The van der Waals surface area contributed by atoms with E-state index in [1.807, 2.05) is 32.1 Å². The third-order valence-corrected chi connectivity index (χ3v) is 3.48. The molecule has 0 saturated carbocycles. The van der Waals surface area contributed by atoms with Gasteiger partial charge in [-0.25, -0.2) is 0 Å². The van der Waals surface area contributed by atoms with E-state index < -0.39 is 4.87 Å². The van der Waals surface area contributed by atoms with E-state index in [9.17, 15) is 4.79 Å². The standard InChI is InChI=1S/C15H24ClNO2/c1-11(2)9-19-10-17(13(4)18)14-12(3)7-6-8-15(14,5)16/h6-8,11,14H,9-10H2,1-5H3. The van der Waals surface area contributed by atoms with Crippen LogP contribution < -0.4 is 0 Å². The molecule has 0 aromatic rings. The zero-order valence-electron chi connectivity index (χ0n) is 12.4. The first kappa shape index (κ1) is 16.3. The number of allylic oxidation sites excluding steroid dienone is 2. The van der Waals surface area contributed by atoms with E-state index in [1.54, 1.807) is 11.8 Å². The molecule has 2 unspecified atom stereocenters. The summed E-state index contributed by atoms with van der Waals surface area (Å²) < 4.78 is 5.61. The first-order chi connectivity index (χ1) is 8.75. The quantitative estimate of drug-likeness (QED) is 0.573. The molecule has 108 valence electrons. The summed E-state index contributed by atoms with van der Waals surface area (Å²) in [5, 5.41) is 0. The second kappa shape index (κ2) is 6.58. The lowest BCUT2D eigenvalue weighted by molar-refractivity contribution is -0.137.